The van der Waals surface area contributed by atoms with E-state index in [9.17, 15) is 4.79 Å². The Morgan fingerprint density at radius 3 is 3.00 bits per heavy atom. The summed E-state index contributed by atoms with van der Waals surface area (Å²) >= 11 is 0. The number of benzene rings is 1. The number of carbonyl (C=O) groups is 1. The van der Waals surface area contributed by atoms with Crippen molar-refractivity contribution >= 4 is 5.91 Å². The van der Waals surface area contributed by atoms with Gasteiger partial charge in [0.15, 0.2) is 11.5 Å². The van der Waals surface area contributed by atoms with E-state index < -0.39 is 0 Å². The van der Waals surface area contributed by atoms with Gasteiger partial charge in [0.25, 0.3) is 0 Å². The van der Waals surface area contributed by atoms with Gasteiger partial charge >= 0.3 is 0 Å². The number of nitrogens with two attached hydrogens (primary N) is 1. The quantitative estimate of drug-likeness (QED) is 0.729. The van der Waals surface area contributed by atoms with E-state index in [4.69, 9.17) is 15.2 Å². The van der Waals surface area contributed by atoms with Crippen molar-refractivity contribution in [3.05, 3.63) is 35.7 Å². The van der Waals surface area contributed by atoms with Crippen molar-refractivity contribution in [2.45, 2.75) is 38.5 Å². The van der Waals surface area contributed by atoms with Gasteiger partial charge in [-0.25, -0.2) is 0 Å². The van der Waals surface area contributed by atoms with Crippen molar-refractivity contribution in [3.8, 4) is 11.5 Å². The lowest BCUT2D eigenvalue weighted by atomic mass is 9.75. The molecule has 0 saturated carbocycles. The van der Waals surface area contributed by atoms with Crippen LogP contribution in [0.15, 0.2) is 24.4 Å². The van der Waals surface area contributed by atoms with E-state index in [0.29, 0.717) is 25.0 Å². The molecule has 0 aliphatic carbocycles. The predicted molar refractivity (Wildman–Crippen MR) is 104 cm³/mol. The molecule has 0 radical (unpaired) electrons. The van der Waals surface area contributed by atoms with E-state index in [1.54, 1.807) is 0 Å². The monoisotopic (exact) mass is 398 g/mol. The second kappa shape index (κ2) is 7.64. The second-order valence-corrected chi connectivity index (χ2v) is 8.08. The van der Waals surface area contributed by atoms with Gasteiger partial charge in [-0.15, -0.1) is 5.10 Å². The summed E-state index contributed by atoms with van der Waals surface area (Å²) in [6.07, 6.45) is 4.00. The maximum atomic E-state index is 12.9. The highest BCUT2D eigenvalue weighted by Crippen LogP contribution is 2.37. The second-order valence-electron chi connectivity index (χ2n) is 8.08. The number of carbonyl (C=O) groups excluding carboxylic acids is 1. The molecule has 3 saturated heterocycles. The Morgan fingerprint density at radius 2 is 2.21 bits per heavy atom. The van der Waals surface area contributed by atoms with Gasteiger partial charge in [0.2, 0.25) is 12.7 Å². The molecule has 9 heteroatoms. The SMILES string of the molecule is NCc1cn(C[C@H]2CC3CCN2C[C@@H]3C(=O)NCc2ccc3c(c2)OCO3)nn1. The molecule has 6 rings (SSSR count). The van der Waals surface area contributed by atoms with Gasteiger partial charge in [-0.05, 0) is 43.0 Å². The molecule has 2 unspecified atom stereocenters. The fraction of sp³-hybridized carbons (Fsp3) is 0.550. The van der Waals surface area contributed by atoms with Crippen LogP contribution in [0.1, 0.15) is 24.1 Å². The highest BCUT2D eigenvalue weighted by molar-refractivity contribution is 5.79. The lowest BCUT2D eigenvalue weighted by Gasteiger charge is -2.49. The van der Waals surface area contributed by atoms with Gasteiger partial charge in [0.05, 0.1) is 18.2 Å². The van der Waals surface area contributed by atoms with Gasteiger partial charge in [-0.3, -0.25) is 14.4 Å². The first kappa shape index (κ1) is 18.4. The van der Waals surface area contributed by atoms with Crippen LogP contribution in [-0.2, 0) is 24.4 Å². The smallest absolute Gasteiger partial charge is 0.231 e. The molecule has 2 bridgehead atoms. The lowest BCUT2D eigenvalue weighted by Crippen LogP contribution is -2.58. The third-order valence-corrected chi connectivity index (χ3v) is 6.31. The van der Waals surface area contributed by atoms with Crippen LogP contribution in [0.25, 0.3) is 0 Å². The molecule has 0 spiro atoms. The van der Waals surface area contributed by atoms with E-state index >= 15 is 0 Å². The van der Waals surface area contributed by atoms with Crippen molar-refractivity contribution < 1.29 is 14.3 Å². The number of piperidine rings is 3. The topological polar surface area (TPSA) is 108 Å². The van der Waals surface area contributed by atoms with Gasteiger partial charge in [0.1, 0.15) is 0 Å². The van der Waals surface area contributed by atoms with E-state index in [1.165, 1.54) is 0 Å². The summed E-state index contributed by atoms with van der Waals surface area (Å²) < 4.78 is 12.6. The van der Waals surface area contributed by atoms with Gasteiger partial charge in [0, 0.05) is 31.9 Å². The number of rotatable bonds is 6. The van der Waals surface area contributed by atoms with Crippen LogP contribution in [0.2, 0.25) is 0 Å². The summed E-state index contributed by atoms with van der Waals surface area (Å²) in [6.45, 7) is 3.81. The summed E-state index contributed by atoms with van der Waals surface area (Å²) in [6, 6.07) is 6.19. The average Bonchev–Trinajstić information content (AvgIpc) is 3.41. The summed E-state index contributed by atoms with van der Waals surface area (Å²) in [4.78, 5) is 15.3. The van der Waals surface area contributed by atoms with Crippen LogP contribution in [-0.4, -0.2) is 51.7 Å². The molecule has 3 fully saturated rings. The molecular formula is C20H26N6O3. The highest BCUT2D eigenvalue weighted by Gasteiger charge is 2.43. The largest absolute Gasteiger partial charge is 0.454 e. The summed E-state index contributed by atoms with van der Waals surface area (Å²) in [5, 5.41) is 11.4. The number of nitrogens with one attached hydrogen (secondary N) is 1. The first-order valence-corrected chi connectivity index (χ1v) is 10.2. The maximum Gasteiger partial charge on any atom is 0.231 e. The molecule has 5 heterocycles. The van der Waals surface area contributed by atoms with Crippen molar-refractivity contribution in [1.29, 1.82) is 0 Å². The molecule has 4 aliphatic heterocycles. The Morgan fingerprint density at radius 1 is 1.31 bits per heavy atom. The molecule has 29 heavy (non-hydrogen) atoms. The Bertz CT molecular complexity index is 900. The Balaban J connectivity index is 1.17. The first-order chi connectivity index (χ1) is 14.2. The van der Waals surface area contributed by atoms with Crippen molar-refractivity contribution in [1.82, 2.24) is 25.2 Å². The minimum atomic E-state index is 0.0457. The van der Waals surface area contributed by atoms with Crippen molar-refractivity contribution in [2.75, 3.05) is 19.9 Å². The van der Waals surface area contributed by atoms with E-state index in [-0.39, 0.29) is 18.6 Å². The molecule has 4 atom stereocenters. The number of aromatic nitrogens is 3. The third-order valence-electron chi connectivity index (χ3n) is 6.31. The van der Waals surface area contributed by atoms with E-state index in [2.05, 4.69) is 20.5 Å². The minimum absolute atomic E-state index is 0.0457. The molecule has 1 aromatic heterocycles. The molecule has 1 aromatic carbocycles. The van der Waals surface area contributed by atoms with Gasteiger partial charge < -0.3 is 20.5 Å². The summed E-state index contributed by atoms with van der Waals surface area (Å²) in [7, 11) is 0. The molecule has 154 valence electrons. The molecule has 2 aromatic rings. The zero-order valence-corrected chi connectivity index (χ0v) is 16.3. The minimum Gasteiger partial charge on any atom is -0.454 e. The maximum absolute atomic E-state index is 12.9. The Hall–Kier alpha value is -2.65. The fourth-order valence-corrected chi connectivity index (χ4v) is 4.73. The fourth-order valence-electron chi connectivity index (χ4n) is 4.73. The normalized spacial score (nSPS) is 27.2. The average molecular weight is 398 g/mol. The number of nitrogens with zero attached hydrogens (tertiary/aromatic N) is 4. The lowest BCUT2D eigenvalue weighted by molar-refractivity contribution is -0.133. The van der Waals surface area contributed by atoms with Crippen LogP contribution in [0.5, 0.6) is 11.5 Å². The molecule has 3 N–H and O–H groups in total. The van der Waals surface area contributed by atoms with Gasteiger partial charge in [-0.1, -0.05) is 11.3 Å². The number of fused-ring (bicyclic) bond motifs is 4. The van der Waals surface area contributed by atoms with Gasteiger partial charge in [-0.2, -0.15) is 0 Å². The van der Waals surface area contributed by atoms with Crippen LogP contribution >= 0.6 is 0 Å². The molecule has 4 aliphatic rings. The van der Waals surface area contributed by atoms with E-state index in [0.717, 1.165) is 55.2 Å². The number of hydrogen-bond acceptors (Lipinski definition) is 7. The van der Waals surface area contributed by atoms with Crippen LogP contribution in [0.4, 0.5) is 0 Å². The number of hydrogen-bond donors (Lipinski definition) is 2. The van der Waals surface area contributed by atoms with Crippen LogP contribution < -0.4 is 20.5 Å². The predicted octanol–water partition coefficient (Wildman–Crippen LogP) is 0.492. The number of ether oxygens (including phenoxy) is 2. The Kier molecular flexibility index (Phi) is 4.84. The standard InChI is InChI=1S/C20H26N6O3/c21-7-15-9-26(24-23-15)10-16-6-14-3-4-25(16)11-17(14)20(27)22-8-13-1-2-18-19(5-13)29-12-28-18/h1-2,5,9,14,16-17H,3-4,6-8,10-12,21H2,(H,22,27)/t14?,16-,17+/m1/s1. The van der Waals surface area contributed by atoms with Crippen molar-refractivity contribution in [2.24, 2.45) is 17.6 Å². The summed E-state index contributed by atoms with van der Waals surface area (Å²) in [5.74, 6) is 2.11. The molecule has 9 nitrogen and oxygen atoms in total. The molecule has 1 amide bonds. The zero-order chi connectivity index (χ0) is 19.8. The highest BCUT2D eigenvalue weighted by atomic mass is 16.7. The third kappa shape index (κ3) is 3.67. The molecular weight excluding hydrogens is 372 g/mol. The van der Waals surface area contributed by atoms with Crippen LogP contribution in [0.3, 0.4) is 0 Å². The van der Waals surface area contributed by atoms with Crippen LogP contribution in [0, 0.1) is 11.8 Å². The Labute approximate surface area is 169 Å². The number of amides is 1. The first-order valence-electron chi connectivity index (χ1n) is 10.2. The summed E-state index contributed by atoms with van der Waals surface area (Å²) in [5.41, 5.74) is 7.45. The van der Waals surface area contributed by atoms with Crippen molar-refractivity contribution in [3.63, 3.8) is 0 Å². The van der Waals surface area contributed by atoms with E-state index in [1.807, 2.05) is 29.1 Å². The zero-order valence-electron chi connectivity index (χ0n) is 16.3.